The molecule has 104 valence electrons. The van der Waals surface area contributed by atoms with Crippen LogP contribution in [0.4, 0.5) is 0 Å². The van der Waals surface area contributed by atoms with E-state index in [1.165, 1.54) is 6.92 Å². The molecule has 0 saturated carbocycles. The zero-order chi connectivity index (χ0) is 13.8. The molecule has 1 saturated heterocycles. The average Bonchev–Trinajstić information content (AvgIpc) is 2.39. The Balaban J connectivity index is 2.08. The van der Waals surface area contributed by atoms with E-state index in [4.69, 9.17) is 9.47 Å². The lowest BCUT2D eigenvalue weighted by atomic mass is 10.1. The van der Waals surface area contributed by atoms with Crippen LogP contribution in [0.3, 0.4) is 0 Å². The highest BCUT2D eigenvalue weighted by Crippen LogP contribution is 2.27. The average molecular weight is 265 g/mol. The molecule has 0 bridgehead atoms. The SMILES string of the molecule is CC(=O)N[C@H]1COC(c2ccccc2)O[C@@H]1[C@@H](C)O. The lowest BCUT2D eigenvalue weighted by Gasteiger charge is -2.38. The van der Waals surface area contributed by atoms with Crippen molar-refractivity contribution in [1.29, 1.82) is 0 Å². The van der Waals surface area contributed by atoms with E-state index in [1.807, 2.05) is 30.3 Å². The van der Waals surface area contributed by atoms with Crippen molar-refractivity contribution in [3.8, 4) is 0 Å². The van der Waals surface area contributed by atoms with E-state index in [0.29, 0.717) is 6.61 Å². The van der Waals surface area contributed by atoms with Gasteiger partial charge >= 0.3 is 0 Å². The quantitative estimate of drug-likeness (QED) is 0.855. The minimum atomic E-state index is -0.688. The summed E-state index contributed by atoms with van der Waals surface area (Å²) in [5.41, 5.74) is 0.898. The second-order valence-electron chi connectivity index (χ2n) is 4.72. The van der Waals surface area contributed by atoms with Gasteiger partial charge in [-0.3, -0.25) is 4.79 Å². The van der Waals surface area contributed by atoms with E-state index >= 15 is 0 Å². The molecule has 0 aliphatic carbocycles. The molecule has 1 aliphatic heterocycles. The highest BCUT2D eigenvalue weighted by molar-refractivity contribution is 5.73. The predicted molar refractivity (Wildman–Crippen MR) is 69.3 cm³/mol. The largest absolute Gasteiger partial charge is 0.391 e. The predicted octanol–water partition coefficient (Wildman–Crippen LogP) is 0.986. The lowest BCUT2D eigenvalue weighted by molar-refractivity contribution is -0.247. The van der Waals surface area contributed by atoms with Crippen molar-refractivity contribution in [2.75, 3.05) is 6.61 Å². The number of aliphatic hydroxyl groups excluding tert-OH is 1. The Bertz CT molecular complexity index is 421. The summed E-state index contributed by atoms with van der Waals surface area (Å²) < 4.78 is 11.4. The number of amides is 1. The molecule has 1 amide bonds. The standard InChI is InChI=1S/C14H19NO4/c1-9(16)13-12(15-10(2)17)8-18-14(19-13)11-6-4-3-5-7-11/h3-7,9,12-14,16H,8H2,1-2H3,(H,15,17)/t9-,12+,13-,14?/m1/s1. The van der Waals surface area contributed by atoms with Crippen LogP contribution < -0.4 is 5.32 Å². The number of benzene rings is 1. The van der Waals surface area contributed by atoms with Crippen molar-refractivity contribution in [2.45, 2.75) is 38.4 Å². The molecule has 1 aromatic rings. The Kier molecular flexibility index (Phi) is 4.52. The first-order chi connectivity index (χ1) is 9.08. The zero-order valence-corrected chi connectivity index (χ0v) is 11.1. The second-order valence-corrected chi connectivity index (χ2v) is 4.72. The Hall–Kier alpha value is -1.43. The van der Waals surface area contributed by atoms with Gasteiger partial charge in [-0.25, -0.2) is 0 Å². The van der Waals surface area contributed by atoms with Gasteiger partial charge in [0.05, 0.1) is 18.8 Å². The Morgan fingerprint density at radius 2 is 2.11 bits per heavy atom. The van der Waals surface area contributed by atoms with Gasteiger partial charge in [0.15, 0.2) is 6.29 Å². The van der Waals surface area contributed by atoms with Crippen LogP contribution in [-0.2, 0) is 14.3 Å². The number of aliphatic hydroxyl groups is 1. The number of nitrogens with one attached hydrogen (secondary N) is 1. The maximum absolute atomic E-state index is 11.1. The van der Waals surface area contributed by atoms with Crippen LogP contribution in [0.1, 0.15) is 25.7 Å². The summed E-state index contributed by atoms with van der Waals surface area (Å²) in [5, 5.41) is 12.5. The van der Waals surface area contributed by atoms with Crippen molar-refractivity contribution < 1.29 is 19.4 Å². The highest BCUT2D eigenvalue weighted by Gasteiger charge is 2.36. The van der Waals surface area contributed by atoms with Crippen LogP contribution in [0.15, 0.2) is 30.3 Å². The molecule has 0 spiro atoms. The number of ether oxygens (including phenoxy) is 2. The topological polar surface area (TPSA) is 67.8 Å². The molecule has 0 radical (unpaired) electrons. The van der Waals surface area contributed by atoms with Crippen LogP contribution in [0.25, 0.3) is 0 Å². The second kappa shape index (κ2) is 6.14. The molecule has 4 atom stereocenters. The van der Waals surface area contributed by atoms with Crippen LogP contribution in [0.2, 0.25) is 0 Å². The van der Waals surface area contributed by atoms with E-state index in [-0.39, 0.29) is 11.9 Å². The molecule has 5 heteroatoms. The zero-order valence-electron chi connectivity index (χ0n) is 11.1. The van der Waals surface area contributed by atoms with Gasteiger partial charge in [0.2, 0.25) is 5.91 Å². The summed E-state index contributed by atoms with van der Waals surface area (Å²) in [5.74, 6) is -0.166. The van der Waals surface area contributed by atoms with Crippen molar-refractivity contribution in [2.24, 2.45) is 0 Å². The van der Waals surface area contributed by atoms with E-state index in [0.717, 1.165) is 5.56 Å². The molecular formula is C14H19NO4. The van der Waals surface area contributed by atoms with E-state index in [2.05, 4.69) is 5.32 Å². The summed E-state index contributed by atoms with van der Waals surface area (Å²) in [4.78, 5) is 11.1. The molecule has 1 aromatic carbocycles. The normalized spacial score (nSPS) is 28.7. The lowest BCUT2D eigenvalue weighted by Crippen LogP contribution is -2.54. The fourth-order valence-corrected chi connectivity index (χ4v) is 2.18. The first-order valence-corrected chi connectivity index (χ1v) is 6.35. The minimum Gasteiger partial charge on any atom is -0.391 e. The number of hydrogen-bond acceptors (Lipinski definition) is 4. The summed E-state index contributed by atoms with van der Waals surface area (Å²) in [6, 6.07) is 9.19. The van der Waals surface area contributed by atoms with Gasteiger partial charge in [0.25, 0.3) is 0 Å². The first-order valence-electron chi connectivity index (χ1n) is 6.35. The summed E-state index contributed by atoms with van der Waals surface area (Å²) in [6.07, 6.45) is -1.68. The monoisotopic (exact) mass is 265 g/mol. The van der Waals surface area contributed by atoms with Gasteiger partial charge in [-0.2, -0.15) is 0 Å². The van der Waals surface area contributed by atoms with E-state index < -0.39 is 18.5 Å². The van der Waals surface area contributed by atoms with Crippen LogP contribution in [-0.4, -0.2) is 35.9 Å². The van der Waals surface area contributed by atoms with Gasteiger partial charge in [-0.05, 0) is 6.92 Å². The van der Waals surface area contributed by atoms with Gasteiger partial charge in [-0.1, -0.05) is 30.3 Å². The van der Waals surface area contributed by atoms with Crippen molar-refractivity contribution >= 4 is 5.91 Å². The smallest absolute Gasteiger partial charge is 0.217 e. The molecule has 0 aromatic heterocycles. The summed E-state index contributed by atoms with van der Waals surface area (Å²) in [7, 11) is 0. The van der Waals surface area contributed by atoms with Crippen molar-refractivity contribution in [3.05, 3.63) is 35.9 Å². The van der Waals surface area contributed by atoms with Crippen molar-refractivity contribution in [3.63, 3.8) is 0 Å². The van der Waals surface area contributed by atoms with Crippen LogP contribution in [0.5, 0.6) is 0 Å². The van der Waals surface area contributed by atoms with Gasteiger partial charge in [0, 0.05) is 12.5 Å². The molecular weight excluding hydrogens is 246 g/mol. The van der Waals surface area contributed by atoms with Gasteiger partial charge in [-0.15, -0.1) is 0 Å². The molecule has 1 aliphatic rings. The molecule has 19 heavy (non-hydrogen) atoms. The van der Waals surface area contributed by atoms with Crippen LogP contribution in [0, 0.1) is 0 Å². The third-order valence-electron chi connectivity index (χ3n) is 3.04. The Labute approximate surface area is 112 Å². The Morgan fingerprint density at radius 3 is 2.68 bits per heavy atom. The Morgan fingerprint density at radius 1 is 1.42 bits per heavy atom. The fourth-order valence-electron chi connectivity index (χ4n) is 2.18. The molecule has 5 nitrogen and oxygen atoms in total. The van der Waals surface area contributed by atoms with Gasteiger partial charge in [0.1, 0.15) is 6.10 Å². The molecule has 2 rings (SSSR count). The summed E-state index contributed by atoms with van der Waals surface area (Å²) in [6.45, 7) is 3.39. The molecule has 1 unspecified atom stereocenters. The third-order valence-corrected chi connectivity index (χ3v) is 3.04. The van der Waals surface area contributed by atoms with E-state index in [1.54, 1.807) is 6.92 Å². The third kappa shape index (κ3) is 3.53. The van der Waals surface area contributed by atoms with E-state index in [9.17, 15) is 9.90 Å². The highest BCUT2D eigenvalue weighted by atomic mass is 16.7. The maximum Gasteiger partial charge on any atom is 0.217 e. The maximum atomic E-state index is 11.1. The number of hydrogen-bond donors (Lipinski definition) is 2. The van der Waals surface area contributed by atoms with Crippen molar-refractivity contribution in [1.82, 2.24) is 5.32 Å². The molecule has 2 N–H and O–H groups in total. The molecule has 1 heterocycles. The fraction of sp³-hybridized carbons (Fsp3) is 0.500. The van der Waals surface area contributed by atoms with Crippen LogP contribution >= 0.6 is 0 Å². The summed E-state index contributed by atoms with van der Waals surface area (Å²) >= 11 is 0. The number of rotatable bonds is 3. The molecule has 1 fully saturated rings. The first kappa shape index (κ1) is 14.0. The number of carbonyl (C=O) groups is 1. The van der Waals surface area contributed by atoms with Gasteiger partial charge < -0.3 is 19.9 Å². The minimum absolute atomic E-state index is 0.166. The number of carbonyl (C=O) groups excluding carboxylic acids is 1.